The number of halogens is 1. The number of aryl methyl sites for hydroxylation is 1. The van der Waals surface area contributed by atoms with E-state index in [9.17, 15) is 17.9 Å². The number of hydrogen-bond acceptors (Lipinski definition) is 3. The molecule has 0 aromatic heterocycles. The van der Waals surface area contributed by atoms with E-state index >= 15 is 0 Å². The molecule has 118 valence electrons. The van der Waals surface area contributed by atoms with Crippen LogP contribution in [0.25, 0.3) is 0 Å². The first kappa shape index (κ1) is 16.4. The van der Waals surface area contributed by atoms with Crippen LogP contribution in [0.4, 0.5) is 4.39 Å². The van der Waals surface area contributed by atoms with Gasteiger partial charge in [0.2, 0.25) is 10.0 Å². The first-order valence-corrected chi connectivity index (χ1v) is 8.81. The maximum absolute atomic E-state index is 13.8. The fourth-order valence-corrected chi connectivity index (χ4v) is 4.33. The van der Waals surface area contributed by atoms with Gasteiger partial charge in [-0.25, -0.2) is 12.8 Å². The van der Waals surface area contributed by atoms with Crippen LogP contribution in [0.5, 0.6) is 0 Å². The Morgan fingerprint density at radius 1 is 1.14 bits per heavy atom. The summed E-state index contributed by atoms with van der Waals surface area (Å²) in [4.78, 5) is 0.0750. The average molecular weight is 315 g/mol. The zero-order valence-corrected chi connectivity index (χ0v) is 13.1. The summed E-state index contributed by atoms with van der Waals surface area (Å²) in [5.74, 6) is -0.538. The summed E-state index contributed by atoms with van der Waals surface area (Å²) >= 11 is 0. The minimum absolute atomic E-state index is 0.0284. The number of rotatable bonds is 3. The number of aliphatic hydroxyl groups is 1. The van der Waals surface area contributed by atoms with E-state index in [-0.39, 0.29) is 16.0 Å². The maximum Gasteiger partial charge on any atom is 0.243 e. The Morgan fingerprint density at radius 2 is 1.71 bits per heavy atom. The molecule has 0 spiro atoms. The molecule has 1 heterocycles. The van der Waals surface area contributed by atoms with E-state index < -0.39 is 22.4 Å². The van der Waals surface area contributed by atoms with Gasteiger partial charge >= 0.3 is 0 Å². The van der Waals surface area contributed by atoms with Crippen molar-refractivity contribution < 1.29 is 17.9 Å². The molecule has 0 amide bonds. The van der Waals surface area contributed by atoms with Crippen molar-refractivity contribution in [3.05, 3.63) is 29.1 Å². The van der Waals surface area contributed by atoms with E-state index in [1.165, 1.54) is 23.4 Å². The highest BCUT2D eigenvalue weighted by Crippen LogP contribution is 2.24. The maximum atomic E-state index is 13.8. The Labute approximate surface area is 125 Å². The van der Waals surface area contributed by atoms with Gasteiger partial charge in [-0.3, -0.25) is 0 Å². The second-order valence-corrected chi connectivity index (χ2v) is 7.48. The van der Waals surface area contributed by atoms with Crippen molar-refractivity contribution in [1.29, 1.82) is 0 Å². The van der Waals surface area contributed by atoms with Crippen molar-refractivity contribution in [1.82, 2.24) is 4.31 Å². The minimum atomic E-state index is -3.62. The molecule has 2 rings (SSSR count). The molecule has 1 aromatic carbocycles. The summed E-state index contributed by atoms with van der Waals surface area (Å²) in [6, 6.07) is 2.60. The minimum Gasteiger partial charge on any atom is -0.392 e. The van der Waals surface area contributed by atoms with Gasteiger partial charge in [0.1, 0.15) is 5.82 Å². The lowest BCUT2D eigenvalue weighted by molar-refractivity contribution is 0.275. The lowest BCUT2D eigenvalue weighted by Gasteiger charge is -2.24. The molecule has 1 N–H and O–H groups in total. The fraction of sp³-hybridized carbons (Fsp3) is 0.600. The first-order chi connectivity index (χ1) is 9.96. The zero-order chi connectivity index (χ0) is 15.5. The molecule has 1 aliphatic rings. The van der Waals surface area contributed by atoms with E-state index in [1.807, 2.05) is 0 Å². The van der Waals surface area contributed by atoms with Crippen molar-refractivity contribution in [2.75, 3.05) is 13.1 Å². The van der Waals surface area contributed by atoms with Crippen molar-refractivity contribution in [3.63, 3.8) is 0 Å². The summed E-state index contributed by atoms with van der Waals surface area (Å²) in [6.45, 7) is 2.03. The quantitative estimate of drug-likeness (QED) is 0.932. The third-order valence-electron chi connectivity index (χ3n) is 3.93. The van der Waals surface area contributed by atoms with Gasteiger partial charge in [-0.2, -0.15) is 4.31 Å². The monoisotopic (exact) mass is 315 g/mol. The molecule has 0 atom stereocenters. The normalized spacial score (nSPS) is 18.2. The largest absolute Gasteiger partial charge is 0.392 e. The van der Waals surface area contributed by atoms with Crippen LogP contribution in [0.3, 0.4) is 0 Å². The lowest BCUT2D eigenvalue weighted by atomic mass is 10.1. The highest BCUT2D eigenvalue weighted by molar-refractivity contribution is 7.89. The van der Waals surface area contributed by atoms with E-state index in [1.54, 1.807) is 0 Å². The molecule has 1 aromatic rings. The van der Waals surface area contributed by atoms with Crippen LogP contribution < -0.4 is 0 Å². The summed E-state index contributed by atoms with van der Waals surface area (Å²) in [5, 5.41) is 9.18. The van der Waals surface area contributed by atoms with Crippen LogP contribution in [0.2, 0.25) is 0 Å². The third kappa shape index (κ3) is 3.62. The van der Waals surface area contributed by atoms with Crippen molar-refractivity contribution in [3.8, 4) is 0 Å². The Kier molecular flexibility index (Phi) is 5.35. The van der Waals surface area contributed by atoms with Crippen LogP contribution in [0.1, 0.15) is 43.2 Å². The van der Waals surface area contributed by atoms with Gasteiger partial charge in [0, 0.05) is 18.7 Å². The lowest BCUT2D eigenvalue weighted by Crippen LogP contribution is -2.34. The van der Waals surface area contributed by atoms with Crippen LogP contribution in [0, 0.1) is 12.7 Å². The second kappa shape index (κ2) is 6.85. The topological polar surface area (TPSA) is 57.6 Å². The molecule has 1 aliphatic heterocycles. The van der Waals surface area contributed by atoms with Gasteiger partial charge in [-0.05, 0) is 37.5 Å². The molecular weight excluding hydrogens is 293 g/mol. The summed E-state index contributed by atoms with van der Waals surface area (Å²) in [5.41, 5.74) is 0.271. The van der Waals surface area contributed by atoms with Gasteiger partial charge in [-0.1, -0.05) is 19.3 Å². The van der Waals surface area contributed by atoms with E-state index in [0.29, 0.717) is 13.1 Å². The SMILES string of the molecule is Cc1cc(S(=O)(=O)N2CCCCCCC2)cc(CO)c1F. The summed E-state index contributed by atoms with van der Waals surface area (Å²) in [7, 11) is -3.62. The van der Waals surface area contributed by atoms with Gasteiger partial charge in [0.25, 0.3) is 0 Å². The van der Waals surface area contributed by atoms with Crippen molar-refractivity contribution in [2.24, 2.45) is 0 Å². The Hall–Kier alpha value is -0.980. The molecule has 1 fully saturated rings. The van der Waals surface area contributed by atoms with Gasteiger partial charge in [-0.15, -0.1) is 0 Å². The number of aliphatic hydroxyl groups excluding tert-OH is 1. The molecule has 0 unspecified atom stereocenters. The predicted octanol–water partition coefficient (Wildman–Crippen LogP) is 2.58. The van der Waals surface area contributed by atoms with E-state index in [0.717, 1.165) is 32.1 Å². The van der Waals surface area contributed by atoms with Gasteiger partial charge < -0.3 is 5.11 Å². The zero-order valence-electron chi connectivity index (χ0n) is 12.3. The van der Waals surface area contributed by atoms with Crippen molar-refractivity contribution in [2.45, 2.75) is 50.5 Å². The highest BCUT2D eigenvalue weighted by atomic mass is 32.2. The summed E-state index contributed by atoms with van der Waals surface area (Å²) in [6.07, 6.45) is 4.93. The molecule has 0 saturated carbocycles. The molecular formula is C15H22FNO3S. The van der Waals surface area contributed by atoms with E-state index in [2.05, 4.69) is 0 Å². The molecule has 0 aliphatic carbocycles. The number of benzene rings is 1. The number of nitrogens with zero attached hydrogens (tertiary/aromatic N) is 1. The van der Waals surface area contributed by atoms with Gasteiger partial charge in [0.05, 0.1) is 11.5 Å². The smallest absolute Gasteiger partial charge is 0.243 e. The Morgan fingerprint density at radius 3 is 2.29 bits per heavy atom. The van der Waals surface area contributed by atoms with Crippen LogP contribution in [-0.4, -0.2) is 30.9 Å². The standard InChI is InChI=1S/C15H22FNO3S/c1-12-9-14(10-13(11-18)15(12)16)21(19,20)17-7-5-3-2-4-6-8-17/h9-10,18H,2-8,11H2,1H3. The highest BCUT2D eigenvalue weighted by Gasteiger charge is 2.26. The molecule has 6 heteroatoms. The molecule has 0 radical (unpaired) electrons. The van der Waals surface area contributed by atoms with Gasteiger partial charge in [0.15, 0.2) is 0 Å². The van der Waals surface area contributed by atoms with Crippen molar-refractivity contribution >= 4 is 10.0 Å². The second-order valence-electron chi connectivity index (χ2n) is 5.54. The average Bonchev–Trinajstić information content (AvgIpc) is 2.40. The Bertz CT molecular complexity index is 593. The Balaban J connectivity index is 2.36. The third-order valence-corrected chi connectivity index (χ3v) is 5.80. The number of hydrogen-bond donors (Lipinski definition) is 1. The fourth-order valence-electron chi connectivity index (χ4n) is 2.68. The first-order valence-electron chi connectivity index (χ1n) is 7.37. The molecule has 1 saturated heterocycles. The molecule has 4 nitrogen and oxygen atoms in total. The van der Waals surface area contributed by atoms with Crippen LogP contribution in [-0.2, 0) is 16.6 Å². The van der Waals surface area contributed by atoms with Crippen LogP contribution >= 0.6 is 0 Å². The van der Waals surface area contributed by atoms with E-state index in [4.69, 9.17) is 0 Å². The number of sulfonamides is 1. The summed E-state index contributed by atoms with van der Waals surface area (Å²) < 4.78 is 40.7. The molecule has 0 bridgehead atoms. The predicted molar refractivity (Wildman–Crippen MR) is 78.9 cm³/mol. The molecule has 21 heavy (non-hydrogen) atoms. The van der Waals surface area contributed by atoms with Crippen LogP contribution in [0.15, 0.2) is 17.0 Å².